The number of aryl methyl sites for hydroxylation is 2. The van der Waals surface area contributed by atoms with Gasteiger partial charge >= 0.3 is 0 Å². The standard InChI is InChI=1S/C13H13BrClN3O/c1-7-4-9(15)5-8(2)11(7)19-13-10(14)12(16-3)17-6-18-13/h4-6H,1-3H3,(H,16,17,18). The van der Waals surface area contributed by atoms with Gasteiger partial charge in [-0.3, -0.25) is 0 Å². The van der Waals surface area contributed by atoms with Crippen LogP contribution in [-0.2, 0) is 0 Å². The Kier molecular flexibility index (Phi) is 4.27. The zero-order valence-electron chi connectivity index (χ0n) is 10.8. The van der Waals surface area contributed by atoms with Crippen molar-refractivity contribution in [2.24, 2.45) is 0 Å². The summed E-state index contributed by atoms with van der Waals surface area (Å²) in [6.45, 7) is 3.89. The summed E-state index contributed by atoms with van der Waals surface area (Å²) in [5.74, 6) is 1.90. The van der Waals surface area contributed by atoms with E-state index in [1.807, 2.05) is 26.0 Å². The third-order valence-corrected chi connectivity index (χ3v) is 3.55. The van der Waals surface area contributed by atoms with Crippen LogP contribution in [-0.4, -0.2) is 17.0 Å². The number of rotatable bonds is 3. The molecule has 0 bridgehead atoms. The van der Waals surface area contributed by atoms with E-state index in [1.165, 1.54) is 6.33 Å². The number of nitrogens with zero attached hydrogens (tertiary/aromatic N) is 2. The molecule has 6 heteroatoms. The number of hydrogen-bond acceptors (Lipinski definition) is 4. The highest BCUT2D eigenvalue weighted by molar-refractivity contribution is 9.10. The molecule has 19 heavy (non-hydrogen) atoms. The van der Waals surface area contributed by atoms with Gasteiger partial charge in [0.05, 0.1) is 0 Å². The second-order valence-corrected chi connectivity index (χ2v) is 5.29. The quantitative estimate of drug-likeness (QED) is 0.901. The second-order valence-electron chi connectivity index (χ2n) is 4.06. The smallest absolute Gasteiger partial charge is 0.238 e. The lowest BCUT2D eigenvalue weighted by atomic mass is 10.1. The molecule has 0 fully saturated rings. The topological polar surface area (TPSA) is 47.0 Å². The number of nitrogens with one attached hydrogen (secondary N) is 1. The maximum Gasteiger partial charge on any atom is 0.238 e. The molecule has 0 amide bonds. The lowest BCUT2D eigenvalue weighted by Gasteiger charge is -2.13. The van der Waals surface area contributed by atoms with Crippen LogP contribution in [0.25, 0.3) is 0 Å². The van der Waals surface area contributed by atoms with Crippen molar-refractivity contribution >= 4 is 33.3 Å². The number of benzene rings is 1. The molecule has 0 unspecified atom stereocenters. The van der Waals surface area contributed by atoms with Gasteiger partial charge in [-0.15, -0.1) is 0 Å². The highest BCUT2D eigenvalue weighted by Gasteiger charge is 2.13. The van der Waals surface area contributed by atoms with E-state index < -0.39 is 0 Å². The van der Waals surface area contributed by atoms with Gasteiger partial charge < -0.3 is 10.1 Å². The van der Waals surface area contributed by atoms with Crippen LogP contribution in [0.2, 0.25) is 5.02 Å². The fourth-order valence-corrected chi connectivity index (χ4v) is 2.57. The summed E-state index contributed by atoms with van der Waals surface area (Å²) in [5, 5.41) is 3.66. The number of halogens is 2. The molecule has 1 aromatic heterocycles. The predicted octanol–water partition coefficient (Wildman–Crippen LogP) is 4.34. The van der Waals surface area contributed by atoms with E-state index >= 15 is 0 Å². The van der Waals surface area contributed by atoms with Crippen molar-refractivity contribution in [2.75, 3.05) is 12.4 Å². The minimum absolute atomic E-state index is 0.466. The maximum atomic E-state index is 6.00. The number of anilines is 1. The predicted molar refractivity (Wildman–Crippen MR) is 80.3 cm³/mol. The van der Waals surface area contributed by atoms with Crippen molar-refractivity contribution in [3.63, 3.8) is 0 Å². The molecule has 0 spiro atoms. The Balaban J connectivity index is 2.42. The van der Waals surface area contributed by atoms with Crippen LogP contribution in [0, 0.1) is 13.8 Å². The molecule has 0 aliphatic carbocycles. The van der Waals surface area contributed by atoms with Crippen molar-refractivity contribution in [1.29, 1.82) is 0 Å². The second kappa shape index (κ2) is 5.75. The van der Waals surface area contributed by atoms with Gasteiger partial charge in [-0.1, -0.05) is 11.6 Å². The fourth-order valence-electron chi connectivity index (χ4n) is 1.75. The van der Waals surface area contributed by atoms with E-state index in [-0.39, 0.29) is 0 Å². The Morgan fingerprint density at radius 3 is 2.42 bits per heavy atom. The lowest BCUT2D eigenvalue weighted by Crippen LogP contribution is -1.99. The van der Waals surface area contributed by atoms with Crippen molar-refractivity contribution in [1.82, 2.24) is 9.97 Å². The van der Waals surface area contributed by atoms with Crippen LogP contribution in [0.5, 0.6) is 11.6 Å². The molecular weight excluding hydrogens is 330 g/mol. The Bertz CT molecular complexity index is 596. The third-order valence-electron chi connectivity index (χ3n) is 2.62. The van der Waals surface area contributed by atoms with Crippen molar-refractivity contribution in [2.45, 2.75) is 13.8 Å². The van der Waals surface area contributed by atoms with Crippen LogP contribution in [0.3, 0.4) is 0 Å². The first-order valence-electron chi connectivity index (χ1n) is 5.65. The van der Waals surface area contributed by atoms with Crippen molar-refractivity contribution in [3.05, 3.63) is 39.1 Å². The summed E-state index contributed by atoms with van der Waals surface area (Å²) in [7, 11) is 1.79. The van der Waals surface area contributed by atoms with Gasteiger partial charge in [0.25, 0.3) is 0 Å². The average molecular weight is 343 g/mol. The molecule has 0 radical (unpaired) electrons. The molecule has 0 saturated heterocycles. The Morgan fingerprint density at radius 2 is 1.84 bits per heavy atom. The molecular formula is C13H13BrClN3O. The molecule has 2 rings (SSSR count). The molecule has 1 heterocycles. The monoisotopic (exact) mass is 341 g/mol. The average Bonchev–Trinajstić information content (AvgIpc) is 2.35. The molecule has 0 aliphatic rings. The van der Waals surface area contributed by atoms with E-state index in [0.29, 0.717) is 21.2 Å². The summed E-state index contributed by atoms with van der Waals surface area (Å²) >= 11 is 9.43. The van der Waals surface area contributed by atoms with Gasteiger partial charge in [0.15, 0.2) is 0 Å². The number of aromatic nitrogens is 2. The van der Waals surface area contributed by atoms with Crippen molar-refractivity contribution < 1.29 is 4.74 Å². The van der Waals surface area contributed by atoms with Crippen LogP contribution in [0.15, 0.2) is 22.9 Å². The Labute approximate surface area is 125 Å². The SMILES string of the molecule is CNc1ncnc(Oc2c(C)cc(Cl)cc2C)c1Br. The summed E-state index contributed by atoms with van der Waals surface area (Å²) in [4.78, 5) is 8.22. The molecule has 0 saturated carbocycles. The molecule has 1 N–H and O–H groups in total. The van der Waals surface area contributed by atoms with E-state index in [2.05, 4.69) is 31.2 Å². The molecule has 100 valence electrons. The summed E-state index contributed by atoms with van der Waals surface area (Å²) < 4.78 is 6.56. The summed E-state index contributed by atoms with van der Waals surface area (Å²) in [5.41, 5.74) is 1.92. The van der Waals surface area contributed by atoms with Gasteiger partial charge in [0, 0.05) is 12.1 Å². The third kappa shape index (κ3) is 2.98. The van der Waals surface area contributed by atoms with Gasteiger partial charge in [-0.05, 0) is 53.0 Å². The van der Waals surface area contributed by atoms with Crippen LogP contribution in [0.4, 0.5) is 5.82 Å². The largest absolute Gasteiger partial charge is 0.437 e. The van der Waals surface area contributed by atoms with E-state index in [9.17, 15) is 0 Å². The number of ether oxygens (including phenoxy) is 1. The minimum Gasteiger partial charge on any atom is -0.437 e. The zero-order valence-corrected chi connectivity index (χ0v) is 13.1. The van der Waals surface area contributed by atoms with Gasteiger partial charge in [0.2, 0.25) is 5.88 Å². The number of hydrogen-bond donors (Lipinski definition) is 1. The van der Waals surface area contributed by atoms with E-state index in [4.69, 9.17) is 16.3 Å². The van der Waals surface area contributed by atoms with Gasteiger partial charge in [0.1, 0.15) is 22.4 Å². The van der Waals surface area contributed by atoms with E-state index in [1.54, 1.807) is 7.05 Å². The lowest BCUT2D eigenvalue weighted by molar-refractivity contribution is 0.452. The highest BCUT2D eigenvalue weighted by Crippen LogP contribution is 2.35. The molecule has 0 aliphatic heterocycles. The molecule has 0 atom stereocenters. The molecule has 2 aromatic rings. The van der Waals surface area contributed by atoms with Gasteiger partial charge in [-0.25, -0.2) is 9.97 Å². The fraction of sp³-hybridized carbons (Fsp3) is 0.231. The molecule has 4 nitrogen and oxygen atoms in total. The van der Waals surface area contributed by atoms with Gasteiger partial charge in [-0.2, -0.15) is 0 Å². The van der Waals surface area contributed by atoms with Crippen molar-refractivity contribution in [3.8, 4) is 11.6 Å². The zero-order chi connectivity index (χ0) is 14.0. The van der Waals surface area contributed by atoms with E-state index in [0.717, 1.165) is 16.9 Å². The van der Waals surface area contributed by atoms with Crippen LogP contribution in [0.1, 0.15) is 11.1 Å². The minimum atomic E-state index is 0.466. The summed E-state index contributed by atoms with van der Waals surface area (Å²) in [6, 6.07) is 3.72. The van der Waals surface area contributed by atoms with Crippen LogP contribution < -0.4 is 10.1 Å². The normalized spacial score (nSPS) is 10.4. The Hall–Kier alpha value is -1.33. The maximum absolute atomic E-state index is 6.00. The highest BCUT2D eigenvalue weighted by atomic mass is 79.9. The van der Waals surface area contributed by atoms with Crippen LogP contribution >= 0.6 is 27.5 Å². The first-order chi connectivity index (χ1) is 9.02. The Morgan fingerprint density at radius 1 is 1.21 bits per heavy atom. The molecule has 1 aromatic carbocycles. The summed E-state index contributed by atoms with van der Waals surface area (Å²) in [6.07, 6.45) is 1.45. The first kappa shape index (κ1) is 14.1. The first-order valence-corrected chi connectivity index (χ1v) is 6.83.